The molecule has 1 saturated heterocycles. The molecule has 4 rings (SSSR count). The van der Waals surface area contributed by atoms with Crippen molar-refractivity contribution in [3.63, 3.8) is 0 Å². The standard InChI is InChI=1S/C18H17N5OS/c24-18(16-2-1-13-25-16)23-11-9-22(10-12-23)17-4-3-15(20-21-17)14-5-7-19-8-6-14/h1-8,13H,9-12H2. The van der Waals surface area contributed by atoms with Crippen LogP contribution in [0.15, 0.2) is 54.2 Å². The maximum atomic E-state index is 12.4. The molecule has 25 heavy (non-hydrogen) atoms. The van der Waals surface area contributed by atoms with Crippen LogP contribution in [0, 0.1) is 0 Å². The van der Waals surface area contributed by atoms with Crippen molar-refractivity contribution < 1.29 is 4.79 Å². The molecule has 1 aliphatic rings. The molecule has 0 atom stereocenters. The van der Waals surface area contributed by atoms with Crippen molar-refractivity contribution >= 4 is 23.1 Å². The van der Waals surface area contributed by atoms with Crippen LogP contribution in [0.5, 0.6) is 0 Å². The highest BCUT2D eigenvalue weighted by Gasteiger charge is 2.23. The van der Waals surface area contributed by atoms with Crippen LogP contribution in [0.4, 0.5) is 5.82 Å². The number of pyridine rings is 1. The summed E-state index contributed by atoms with van der Waals surface area (Å²) < 4.78 is 0. The van der Waals surface area contributed by atoms with Crippen molar-refractivity contribution in [1.82, 2.24) is 20.1 Å². The molecule has 3 aromatic rings. The summed E-state index contributed by atoms with van der Waals surface area (Å²) in [4.78, 5) is 21.3. The molecule has 0 N–H and O–H groups in total. The van der Waals surface area contributed by atoms with Gasteiger partial charge in [-0.3, -0.25) is 9.78 Å². The van der Waals surface area contributed by atoms with Gasteiger partial charge in [-0.15, -0.1) is 21.5 Å². The fourth-order valence-electron chi connectivity index (χ4n) is 2.87. The predicted octanol–water partition coefficient (Wildman–Crippen LogP) is 2.56. The molecule has 0 spiro atoms. The molecule has 0 bridgehead atoms. The number of nitrogens with zero attached hydrogens (tertiary/aromatic N) is 5. The van der Waals surface area contributed by atoms with Crippen LogP contribution in [0.3, 0.4) is 0 Å². The second-order valence-electron chi connectivity index (χ2n) is 5.77. The van der Waals surface area contributed by atoms with E-state index in [1.54, 1.807) is 12.4 Å². The van der Waals surface area contributed by atoms with Crippen LogP contribution in [-0.2, 0) is 0 Å². The monoisotopic (exact) mass is 351 g/mol. The SMILES string of the molecule is O=C(c1cccs1)N1CCN(c2ccc(-c3ccncc3)nn2)CC1. The van der Waals surface area contributed by atoms with Gasteiger partial charge in [0.25, 0.3) is 5.91 Å². The van der Waals surface area contributed by atoms with E-state index in [2.05, 4.69) is 20.1 Å². The predicted molar refractivity (Wildman–Crippen MR) is 97.7 cm³/mol. The Bertz CT molecular complexity index is 828. The van der Waals surface area contributed by atoms with Crippen molar-refractivity contribution in [2.24, 2.45) is 0 Å². The van der Waals surface area contributed by atoms with E-state index in [0.29, 0.717) is 13.1 Å². The van der Waals surface area contributed by atoms with E-state index < -0.39 is 0 Å². The highest BCUT2D eigenvalue weighted by molar-refractivity contribution is 7.12. The minimum atomic E-state index is 0.119. The molecule has 0 unspecified atom stereocenters. The van der Waals surface area contributed by atoms with E-state index in [0.717, 1.165) is 35.0 Å². The Hall–Kier alpha value is -2.80. The molecule has 1 aliphatic heterocycles. The summed E-state index contributed by atoms with van der Waals surface area (Å²) in [6, 6.07) is 11.6. The second kappa shape index (κ2) is 6.98. The van der Waals surface area contributed by atoms with Crippen molar-refractivity contribution in [2.45, 2.75) is 0 Å². The van der Waals surface area contributed by atoms with Gasteiger partial charge in [-0.2, -0.15) is 0 Å². The van der Waals surface area contributed by atoms with Gasteiger partial charge in [0.1, 0.15) is 0 Å². The Balaban J connectivity index is 1.40. The van der Waals surface area contributed by atoms with Gasteiger partial charge in [0.15, 0.2) is 5.82 Å². The first-order valence-electron chi connectivity index (χ1n) is 8.13. The van der Waals surface area contributed by atoms with Crippen LogP contribution in [0.2, 0.25) is 0 Å². The molecule has 1 amide bonds. The third-order valence-corrected chi connectivity index (χ3v) is 5.11. The van der Waals surface area contributed by atoms with Crippen molar-refractivity contribution in [1.29, 1.82) is 0 Å². The number of rotatable bonds is 3. The van der Waals surface area contributed by atoms with Gasteiger partial charge in [-0.1, -0.05) is 6.07 Å². The number of aromatic nitrogens is 3. The van der Waals surface area contributed by atoms with E-state index in [9.17, 15) is 4.79 Å². The van der Waals surface area contributed by atoms with E-state index >= 15 is 0 Å². The fourth-order valence-corrected chi connectivity index (χ4v) is 3.56. The Labute approximate surface area is 149 Å². The number of hydrogen-bond acceptors (Lipinski definition) is 6. The minimum Gasteiger partial charge on any atom is -0.352 e. The second-order valence-corrected chi connectivity index (χ2v) is 6.72. The van der Waals surface area contributed by atoms with Gasteiger partial charge in [0.05, 0.1) is 10.6 Å². The van der Waals surface area contributed by atoms with Gasteiger partial charge < -0.3 is 9.80 Å². The van der Waals surface area contributed by atoms with Crippen molar-refractivity contribution in [2.75, 3.05) is 31.1 Å². The number of carbonyl (C=O) groups excluding carboxylic acids is 1. The average molecular weight is 351 g/mol. The molecule has 3 aromatic heterocycles. The smallest absolute Gasteiger partial charge is 0.264 e. The largest absolute Gasteiger partial charge is 0.352 e. The molecule has 0 saturated carbocycles. The maximum absolute atomic E-state index is 12.4. The molecule has 6 nitrogen and oxygen atoms in total. The molecular formula is C18H17N5OS. The number of anilines is 1. The molecule has 126 valence electrons. The summed E-state index contributed by atoms with van der Waals surface area (Å²) in [5.41, 5.74) is 1.83. The summed E-state index contributed by atoms with van der Waals surface area (Å²) in [7, 11) is 0. The summed E-state index contributed by atoms with van der Waals surface area (Å²) in [5, 5.41) is 10.6. The summed E-state index contributed by atoms with van der Waals surface area (Å²) in [6.07, 6.45) is 3.49. The zero-order chi connectivity index (χ0) is 17.1. The van der Waals surface area contributed by atoms with Crippen LogP contribution in [0.25, 0.3) is 11.3 Å². The first-order chi connectivity index (χ1) is 12.3. The van der Waals surface area contributed by atoms with Gasteiger partial charge in [0, 0.05) is 44.1 Å². The number of carbonyl (C=O) groups is 1. The molecule has 0 radical (unpaired) electrons. The quantitative estimate of drug-likeness (QED) is 0.726. The first kappa shape index (κ1) is 15.7. The fraction of sp³-hybridized carbons (Fsp3) is 0.222. The third-order valence-electron chi connectivity index (χ3n) is 4.25. The van der Waals surface area contributed by atoms with Crippen LogP contribution in [-0.4, -0.2) is 52.2 Å². The van der Waals surface area contributed by atoms with Gasteiger partial charge in [-0.05, 0) is 35.7 Å². The lowest BCUT2D eigenvalue weighted by Gasteiger charge is -2.35. The Kier molecular flexibility index (Phi) is 4.39. The molecule has 1 fully saturated rings. The lowest BCUT2D eigenvalue weighted by atomic mass is 10.2. The lowest BCUT2D eigenvalue weighted by molar-refractivity contribution is 0.0751. The highest BCUT2D eigenvalue weighted by atomic mass is 32.1. The molecule has 4 heterocycles. The number of amides is 1. The normalized spacial score (nSPS) is 14.6. The van der Waals surface area contributed by atoms with Gasteiger partial charge in [0.2, 0.25) is 0 Å². The van der Waals surface area contributed by atoms with E-state index in [1.165, 1.54) is 11.3 Å². The van der Waals surface area contributed by atoms with Crippen LogP contribution in [0.1, 0.15) is 9.67 Å². The number of hydrogen-bond donors (Lipinski definition) is 0. The van der Waals surface area contributed by atoms with Crippen LogP contribution >= 0.6 is 11.3 Å². The first-order valence-corrected chi connectivity index (χ1v) is 9.01. The molecule has 0 aliphatic carbocycles. The average Bonchev–Trinajstić information content (AvgIpc) is 3.23. The van der Waals surface area contributed by atoms with E-state index in [1.807, 2.05) is 46.7 Å². The summed E-state index contributed by atoms with van der Waals surface area (Å²) in [5.74, 6) is 0.967. The lowest BCUT2D eigenvalue weighted by Crippen LogP contribution is -2.48. The Morgan fingerprint density at radius 2 is 1.76 bits per heavy atom. The van der Waals surface area contributed by atoms with Crippen LogP contribution < -0.4 is 4.90 Å². The van der Waals surface area contributed by atoms with Crippen molar-refractivity contribution in [3.8, 4) is 11.3 Å². The number of thiophene rings is 1. The van der Waals surface area contributed by atoms with Crippen molar-refractivity contribution in [3.05, 3.63) is 59.0 Å². The Morgan fingerprint density at radius 3 is 2.40 bits per heavy atom. The molecular weight excluding hydrogens is 334 g/mol. The number of piperazine rings is 1. The topological polar surface area (TPSA) is 62.2 Å². The van der Waals surface area contributed by atoms with E-state index in [4.69, 9.17) is 0 Å². The van der Waals surface area contributed by atoms with E-state index in [-0.39, 0.29) is 5.91 Å². The molecule has 0 aromatic carbocycles. The summed E-state index contributed by atoms with van der Waals surface area (Å²) in [6.45, 7) is 2.93. The Morgan fingerprint density at radius 1 is 0.960 bits per heavy atom. The van der Waals surface area contributed by atoms with Gasteiger partial charge >= 0.3 is 0 Å². The zero-order valence-electron chi connectivity index (χ0n) is 13.6. The minimum absolute atomic E-state index is 0.119. The third kappa shape index (κ3) is 3.36. The maximum Gasteiger partial charge on any atom is 0.264 e. The highest BCUT2D eigenvalue weighted by Crippen LogP contribution is 2.19. The summed E-state index contributed by atoms with van der Waals surface area (Å²) >= 11 is 1.49. The zero-order valence-corrected chi connectivity index (χ0v) is 14.4. The molecule has 7 heteroatoms. The van der Waals surface area contributed by atoms with Gasteiger partial charge in [-0.25, -0.2) is 0 Å².